The van der Waals surface area contributed by atoms with Crippen molar-refractivity contribution in [1.29, 1.82) is 0 Å². The van der Waals surface area contributed by atoms with Gasteiger partial charge in [-0.05, 0) is 52.6 Å². The van der Waals surface area contributed by atoms with Gasteiger partial charge in [-0.3, -0.25) is 0 Å². The molecule has 0 unspecified atom stereocenters. The second kappa shape index (κ2) is 7.72. The van der Waals surface area contributed by atoms with Gasteiger partial charge < -0.3 is 15.5 Å². The molecule has 2 N–H and O–H groups in total. The predicted octanol–water partition coefficient (Wildman–Crippen LogP) is 1.82. The van der Waals surface area contributed by atoms with E-state index in [4.69, 9.17) is 0 Å². The Kier molecular flexibility index (Phi) is 6.60. The second-order valence-corrected chi connectivity index (χ2v) is 5.49. The Balaban J connectivity index is 2.12. The van der Waals surface area contributed by atoms with Gasteiger partial charge in [-0.15, -0.1) is 0 Å². The Labute approximate surface area is 107 Å². The molecule has 0 aromatic heterocycles. The molecule has 100 valence electrons. The van der Waals surface area contributed by atoms with Crippen molar-refractivity contribution in [2.24, 2.45) is 5.92 Å². The van der Waals surface area contributed by atoms with E-state index in [1.807, 2.05) is 0 Å². The minimum atomic E-state index is 0.698. The number of rotatable bonds is 7. The van der Waals surface area contributed by atoms with Crippen LogP contribution in [0.1, 0.15) is 32.6 Å². The summed E-state index contributed by atoms with van der Waals surface area (Å²) in [6, 6.07) is 0.698. The van der Waals surface area contributed by atoms with E-state index in [2.05, 4.69) is 43.1 Å². The lowest BCUT2D eigenvalue weighted by atomic mass is 9.86. The minimum Gasteiger partial charge on any atom is -0.388 e. The Bertz CT molecular complexity index is 218. The van der Waals surface area contributed by atoms with Crippen molar-refractivity contribution in [3.05, 3.63) is 12.3 Å². The van der Waals surface area contributed by atoms with Crippen LogP contribution in [0.4, 0.5) is 0 Å². The fraction of sp³-hybridized carbons (Fsp3) is 0.857. The first kappa shape index (κ1) is 14.5. The first-order valence-electron chi connectivity index (χ1n) is 6.91. The molecule has 3 heteroatoms. The quantitative estimate of drug-likeness (QED) is 0.709. The van der Waals surface area contributed by atoms with Gasteiger partial charge >= 0.3 is 0 Å². The lowest BCUT2D eigenvalue weighted by Crippen LogP contribution is -2.37. The third-order valence-corrected chi connectivity index (χ3v) is 3.50. The van der Waals surface area contributed by atoms with E-state index in [0.717, 1.165) is 24.7 Å². The molecule has 1 rings (SSSR count). The number of nitrogens with zero attached hydrogens (tertiary/aromatic N) is 1. The zero-order valence-corrected chi connectivity index (χ0v) is 11.8. The van der Waals surface area contributed by atoms with Crippen molar-refractivity contribution < 1.29 is 0 Å². The summed E-state index contributed by atoms with van der Waals surface area (Å²) in [5, 5.41) is 6.86. The summed E-state index contributed by atoms with van der Waals surface area (Å²) < 4.78 is 0. The average molecular weight is 239 g/mol. The van der Waals surface area contributed by atoms with Gasteiger partial charge in [0.2, 0.25) is 0 Å². The van der Waals surface area contributed by atoms with Crippen LogP contribution in [-0.2, 0) is 0 Å². The maximum Gasteiger partial charge on any atom is 0.0350 e. The molecular weight excluding hydrogens is 210 g/mol. The number of nitrogens with one attached hydrogen (secondary N) is 2. The van der Waals surface area contributed by atoms with Crippen molar-refractivity contribution in [1.82, 2.24) is 15.5 Å². The van der Waals surface area contributed by atoms with E-state index in [-0.39, 0.29) is 0 Å². The van der Waals surface area contributed by atoms with Crippen molar-refractivity contribution in [3.63, 3.8) is 0 Å². The van der Waals surface area contributed by atoms with Gasteiger partial charge in [-0.1, -0.05) is 6.58 Å². The molecule has 0 aromatic rings. The SMILES string of the molecule is C=C(CNC1CCC(CN(C)C)CC1)NCC. The third kappa shape index (κ3) is 6.08. The highest BCUT2D eigenvalue weighted by atomic mass is 15.1. The minimum absolute atomic E-state index is 0.698. The second-order valence-electron chi connectivity index (χ2n) is 5.49. The largest absolute Gasteiger partial charge is 0.388 e. The van der Waals surface area contributed by atoms with Crippen molar-refractivity contribution in [3.8, 4) is 0 Å². The van der Waals surface area contributed by atoms with Crippen LogP contribution < -0.4 is 10.6 Å². The van der Waals surface area contributed by atoms with Crippen LogP contribution in [0.2, 0.25) is 0 Å². The fourth-order valence-corrected chi connectivity index (χ4v) is 2.65. The van der Waals surface area contributed by atoms with Gasteiger partial charge in [-0.25, -0.2) is 0 Å². The summed E-state index contributed by atoms with van der Waals surface area (Å²) in [5.74, 6) is 0.903. The molecule has 0 atom stereocenters. The number of likely N-dealkylation sites (N-methyl/N-ethyl adjacent to an activating group) is 1. The van der Waals surface area contributed by atoms with Gasteiger partial charge in [0.15, 0.2) is 0 Å². The molecule has 1 aliphatic rings. The maximum atomic E-state index is 4.00. The first-order valence-corrected chi connectivity index (χ1v) is 6.91. The molecule has 0 heterocycles. The summed E-state index contributed by atoms with van der Waals surface area (Å²) in [6.07, 6.45) is 5.36. The molecule has 3 nitrogen and oxygen atoms in total. The molecular formula is C14H29N3. The molecule has 1 aliphatic carbocycles. The van der Waals surface area contributed by atoms with Crippen LogP contribution in [0.3, 0.4) is 0 Å². The molecule has 0 radical (unpaired) electrons. The molecule has 0 aromatic carbocycles. The monoisotopic (exact) mass is 239 g/mol. The molecule has 0 amide bonds. The van der Waals surface area contributed by atoms with Crippen LogP contribution in [0.25, 0.3) is 0 Å². The van der Waals surface area contributed by atoms with Crippen molar-refractivity contribution >= 4 is 0 Å². The molecule has 0 spiro atoms. The standard InChI is InChI=1S/C14H29N3/c1-5-15-12(2)10-16-14-8-6-13(7-9-14)11-17(3)4/h13-16H,2,5-11H2,1,3-4H3. The van der Waals surface area contributed by atoms with Crippen LogP contribution in [-0.4, -0.2) is 44.7 Å². The summed E-state index contributed by atoms with van der Waals surface area (Å²) in [6.45, 7) is 9.24. The summed E-state index contributed by atoms with van der Waals surface area (Å²) >= 11 is 0. The summed E-state index contributed by atoms with van der Waals surface area (Å²) in [7, 11) is 4.34. The molecule has 17 heavy (non-hydrogen) atoms. The predicted molar refractivity (Wildman–Crippen MR) is 75.1 cm³/mol. The van der Waals surface area contributed by atoms with Crippen LogP contribution in [0.15, 0.2) is 12.3 Å². The van der Waals surface area contributed by atoms with Crippen LogP contribution >= 0.6 is 0 Å². The molecule has 0 saturated heterocycles. The Hall–Kier alpha value is -0.540. The van der Waals surface area contributed by atoms with Gasteiger partial charge in [0.05, 0.1) is 0 Å². The lowest BCUT2D eigenvalue weighted by molar-refractivity contribution is 0.236. The maximum absolute atomic E-state index is 4.00. The highest BCUT2D eigenvalue weighted by Crippen LogP contribution is 2.24. The molecule has 1 saturated carbocycles. The van der Waals surface area contributed by atoms with Crippen molar-refractivity contribution in [2.75, 3.05) is 33.7 Å². The van der Waals surface area contributed by atoms with Crippen LogP contribution in [0, 0.1) is 5.92 Å². The molecule has 0 bridgehead atoms. The normalized spacial score (nSPS) is 24.9. The average Bonchev–Trinajstić information content (AvgIpc) is 2.28. The van der Waals surface area contributed by atoms with Crippen molar-refractivity contribution in [2.45, 2.75) is 38.6 Å². The highest BCUT2D eigenvalue weighted by molar-refractivity contribution is 4.94. The Morgan fingerprint density at radius 1 is 1.24 bits per heavy atom. The molecule has 0 aliphatic heterocycles. The number of hydrogen-bond donors (Lipinski definition) is 2. The first-order chi connectivity index (χ1) is 8.11. The van der Waals surface area contributed by atoms with E-state index in [0.29, 0.717) is 6.04 Å². The van der Waals surface area contributed by atoms with E-state index in [9.17, 15) is 0 Å². The topological polar surface area (TPSA) is 27.3 Å². The lowest BCUT2D eigenvalue weighted by Gasteiger charge is -2.31. The molecule has 1 fully saturated rings. The summed E-state index contributed by atoms with van der Waals surface area (Å²) in [4.78, 5) is 2.31. The fourth-order valence-electron chi connectivity index (χ4n) is 2.65. The summed E-state index contributed by atoms with van der Waals surface area (Å²) in [5.41, 5.74) is 1.11. The van der Waals surface area contributed by atoms with E-state index < -0.39 is 0 Å². The smallest absolute Gasteiger partial charge is 0.0350 e. The number of hydrogen-bond acceptors (Lipinski definition) is 3. The zero-order chi connectivity index (χ0) is 12.7. The Morgan fingerprint density at radius 2 is 1.88 bits per heavy atom. The van der Waals surface area contributed by atoms with Gasteiger partial charge in [-0.2, -0.15) is 0 Å². The van der Waals surface area contributed by atoms with E-state index >= 15 is 0 Å². The van der Waals surface area contributed by atoms with Gasteiger partial charge in [0.25, 0.3) is 0 Å². The highest BCUT2D eigenvalue weighted by Gasteiger charge is 2.20. The third-order valence-electron chi connectivity index (χ3n) is 3.50. The zero-order valence-electron chi connectivity index (χ0n) is 11.8. The Morgan fingerprint density at radius 3 is 2.41 bits per heavy atom. The van der Waals surface area contributed by atoms with Gasteiger partial charge in [0, 0.05) is 31.4 Å². The van der Waals surface area contributed by atoms with E-state index in [1.54, 1.807) is 0 Å². The van der Waals surface area contributed by atoms with Crippen LogP contribution in [0.5, 0.6) is 0 Å². The van der Waals surface area contributed by atoms with E-state index in [1.165, 1.54) is 32.2 Å². The van der Waals surface area contributed by atoms with Gasteiger partial charge in [0.1, 0.15) is 0 Å².